The van der Waals surface area contributed by atoms with Crippen molar-refractivity contribution in [3.63, 3.8) is 0 Å². The van der Waals surface area contributed by atoms with Crippen LogP contribution in [0, 0.1) is 46.3 Å². The standard InChI is InChI=1S/C20H34B/c1-11-15-7-13(19(15,3)4)9-17(11)21-18-10-14-8-16(12(18)2)20(14,5)6/h11-18H,7-10H2,1-6H3/t11-,12-,13+,14+,15-,16?,17-,18-/m0/s1. The first-order chi connectivity index (χ1) is 9.73. The van der Waals surface area contributed by atoms with Crippen LogP contribution in [0.15, 0.2) is 0 Å². The summed E-state index contributed by atoms with van der Waals surface area (Å²) in [5.41, 5.74) is 1.29. The summed E-state index contributed by atoms with van der Waals surface area (Å²) >= 11 is 0. The van der Waals surface area contributed by atoms with Gasteiger partial charge in [0, 0.05) is 0 Å². The van der Waals surface area contributed by atoms with Crippen molar-refractivity contribution in [3.05, 3.63) is 0 Å². The van der Waals surface area contributed by atoms with Gasteiger partial charge in [-0.15, -0.1) is 0 Å². The third-order valence-electron chi connectivity index (χ3n) is 9.32. The molecular weight excluding hydrogens is 251 g/mol. The van der Waals surface area contributed by atoms with Crippen molar-refractivity contribution in [1.29, 1.82) is 0 Å². The Hall–Kier alpha value is 0.0649. The number of hydrogen-bond donors (Lipinski definition) is 0. The molecule has 117 valence electrons. The second-order valence-corrected chi connectivity index (χ2v) is 10.4. The van der Waals surface area contributed by atoms with Gasteiger partial charge in [0.15, 0.2) is 0 Å². The van der Waals surface area contributed by atoms with Gasteiger partial charge < -0.3 is 0 Å². The van der Waals surface area contributed by atoms with E-state index in [1.165, 1.54) is 25.7 Å². The Morgan fingerprint density at radius 2 is 1.05 bits per heavy atom. The van der Waals surface area contributed by atoms with Gasteiger partial charge in [-0.3, -0.25) is 0 Å². The van der Waals surface area contributed by atoms with E-state index < -0.39 is 0 Å². The number of rotatable bonds is 2. The maximum Gasteiger partial charge on any atom is 0.118 e. The Labute approximate surface area is 133 Å². The highest BCUT2D eigenvalue weighted by molar-refractivity contribution is 6.40. The van der Waals surface area contributed by atoms with Crippen LogP contribution < -0.4 is 0 Å². The molecule has 0 aromatic carbocycles. The summed E-state index contributed by atoms with van der Waals surface area (Å²) in [6.07, 6.45) is 6.03. The molecule has 6 aliphatic carbocycles. The molecule has 1 heteroatoms. The molecule has 4 bridgehead atoms. The van der Waals surface area contributed by atoms with Gasteiger partial charge in [-0.05, 0) is 59.2 Å². The van der Waals surface area contributed by atoms with Crippen LogP contribution in [0.5, 0.6) is 0 Å². The zero-order valence-electron chi connectivity index (χ0n) is 15.0. The molecule has 1 unspecified atom stereocenters. The van der Waals surface area contributed by atoms with Crippen molar-refractivity contribution < 1.29 is 0 Å². The normalized spacial score (nSPS) is 56.1. The topological polar surface area (TPSA) is 0 Å². The lowest BCUT2D eigenvalue weighted by atomic mass is 9.31. The minimum Gasteiger partial charge on any atom is -0.0655 e. The quantitative estimate of drug-likeness (QED) is 0.573. The van der Waals surface area contributed by atoms with Crippen LogP contribution in [0.2, 0.25) is 11.6 Å². The lowest BCUT2D eigenvalue weighted by Crippen LogP contribution is -2.57. The number of hydrogen-bond acceptors (Lipinski definition) is 0. The number of fused-ring (bicyclic) bond motifs is 4. The fourth-order valence-electron chi connectivity index (χ4n) is 7.21. The smallest absolute Gasteiger partial charge is 0.0655 e. The Balaban J connectivity index is 1.42. The minimum absolute atomic E-state index is 0.645. The van der Waals surface area contributed by atoms with E-state index in [1.807, 2.05) is 0 Å². The predicted molar refractivity (Wildman–Crippen MR) is 91.6 cm³/mol. The Morgan fingerprint density at radius 1 is 0.667 bits per heavy atom. The van der Waals surface area contributed by atoms with Crippen LogP contribution in [0.1, 0.15) is 67.2 Å². The summed E-state index contributed by atoms with van der Waals surface area (Å²) in [5.74, 6) is 7.76. The highest BCUT2D eigenvalue weighted by Gasteiger charge is 2.59. The van der Waals surface area contributed by atoms with Crippen LogP contribution in [0.25, 0.3) is 0 Å². The van der Waals surface area contributed by atoms with Gasteiger partial charge >= 0.3 is 0 Å². The molecule has 6 rings (SSSR count). The third-order valence-corrected chi connectivity index (χ3v) is 9.32. The lowest BCUT2D eigenvalue weighted by molar-refractivity contribution is -0.106. The summed E-state index contributed by atoms with van der Waals surface area (Å²) in [5, 5.41) is 0. The lowest BCUT2D eigenvalue weighted by Gasteiger charge is -2.65. The third kappa shape index (κ3) is 1.81. The maximum absolute atomic E-state index is 2.86. The molecule has 0 spiro atoms. The van der Waals surface area contributed by atoms with Crippen LogP contribution in [0.4, 0.5) is 0 Å². The molecule has 6 fully saturated rings. The van der Waals surface area contributed by atoms with Crippen molar-refractivity contribution in [2.45, 2.75) is 78.9 Å². The highest BCUT2D eigenvalue weighted by Crippen LogP contribution is 2.68. The molecule has 0 N–H and O–H groups in total. The van der Waals surface area contributed by atoms with E-state index in [-0.39, 0.29) is 0 Å². The maximum atomic E-state index is 2.86. The molecular formula is C20H34B. The van der Waals surface area contributed by atoms with Crippen LogP contribution in [0.3, 0.4) is 0 Å². The molecule has 1 radical (unpaired) electrons. The largest absolute Gasteiger partial charge is 0.118 e. The molecule has 0 aliphatic heterocycles. The van der Waals surface area contributed by atoms with E-state index in [9.17, 15) is 0 Å². The summed E-state index contributed by atoms with van der Waals surface area (Å²) < 4.78 is 0. The average molecular weight is 285 g/mol. The molecule has 0 heterocycles. The molecule has 6 aliphatic rings. The zero-order chi connectivity index (χ0) is 15.2. The highest BCUT2D eigenvalue weighted by atomic mass is 14.6. The van der Waals surface area contributed by atoms with E-state index >= 15 is 0 Å². The summed E-state index contributed by atoms with van der Waals surface area (Å²) in [6, 6.07) is 0. The van der Waals surface area contributed by atoms with E-state index in [0.717, 1.165) is 47.1 Å². The van der Waals surface area contributed by atoms with E-state index in [0.29, 0.717) is 10.8 Å². The van der Waals surface area contributed by atoms with Gasteiger partial charge in [-0.1, -0.05) is 66.0 Å². The Kier molecular flexibility index (Phi) is 3.02. The van der Waals surface area contributed by atoms with Crippen molar-refractivity contribution in [2.75, 3.05) is 0 Å². The van der Waals surface area contributed by atoms with Crippen molar-refractivity contribution in [2.24, 2.45) is 46.3 Å². The minimum atomic E-state index is 0.645. The summed E-state index contributed by atoms with van der Waals surface area (Å²) in [7, 11) is 2.86. The van der Waals surface area contributed by atoms with E-state index in [2.05, 4.69) is 48.8 Å². The first-order valence-electron chi connectivity index (χ1n) is 9.58. The first kappa shape index (κ1) is 14.6. The molecule has 8 atom stereocenters. The van der Waals surface area contributed by atoms with E-state index in [1.54, 1.807) is 0 Å². The average Bonchev–Trinajstić information content (AvgIpc) is 2.41. The van der Waals surface area contributed by atoms with Crippen LogP contribution in [-0.2, 0) is 0 Å². The molecule has 0 aromatic rings. The Bertz CT molecular complexity index is 397. The monoisotopic (exact) mass is 285 g/mol. The van der Waals surface area contributed by atoms with Crippen LogP contribution >= 0.6 is 0 Å². The Morgan fingerprint density at radius 3 is 1.33 bits per heavy atom. The second-order valence-electron chi connectivity index (χ2n) is 10.4. The summed E-state index contributed by atoms with van der Waals surface area (Å²) in [4.78, 5) is 0. The first-order valence-corrected chi connectivity index (χ1v) is 9.58. The van der Waals surface area contributed by atoms with Crippen LogP contribution in [-0.4, -0.2) is 7.28 Å². The van der Waals surface area contributed by atoms with Gasteiger partial charge in [0.25, 0.3) is 0 Å². The SMILES string of the molecule is C[C@@H]1[C@@H]([B][C@H]2C[C@H]3CC([C@@H]2C)C3(C)C)C[C@H]2C[C@@H]1C2(C)C. The molecule has 0 aromatic heterocycles. The van der Waals surface area contributed by atoms with Gasteiger partial charge in [0.05, 0.1) is 0 Å². The van der Waals surface area contributed by atoms with Gasteiger partial charge in [0.2, 0.25) is 0 Å². The molecule has 0 nitrogen and oxygen atoms in total. The molecule has 6 saturated carbocycles. The van der Waals surface area contributed by atoms with Crippen molar-refractivity contribution in [3.8, 4) is 0 Å². The fourth-order valence-corrected chi connectivity index (χ4v) is 7.21. The van der Waals surface area contributed by atoms with Gasteiger partial charge in [-0.25, -0.2) is 0 Å². The van der Waals surface area contributed by atoms with Crippen molar-refractivity contribution >= 4 is 7.28 Å². The van der Waals surface area contributed by atoms with E-state index in [4.69, 9.17) is 0 Å². The zero-order valence-corrected chi connectivity index (χ0v) is 15.0. The summed E-state index contributed by atoms with van der Waals surface area (Å²) in [6.45, 7) is 15.2. The second kappa shape index (κ2) is 4.32. The predicted octanol–water partition coefficient (Wildman–Crippen LogP) is 5.67. The molecule has 0 saturated heterocycles. The molecule has 21 heavy (non-hydrogen) atoms. The fraction of sp³-hybridized carbons (Fsp3) is 1.00. The van der Waals surface area contributed by atoms with Gasteiger partial charge in [-0.2, -0.15) is 0 Å². The van der Waals surface area contributed by atoms with Crippen molar-refractivity contribution in [1.82, 2.24) is 0 Å². The van der Waals surface area contributed by atoms with Gasteiger partial charge in [0.1, 0.15) is 7.28 Å². The molecule has 0 amide bonds.